The molecule has 6 rings (SSSR count). The summed E-state index contributed by atoms with van der Waals surface area (Å²) in [5.41, 5.74) is 10.3. The first-order valence-corrected chi connectivity index (χ1v) is 15.8. The van der Waals surface area contributed by atoms with E-state index in [-0.39, 0.29) is 29.1 Å². The third kappa shape index (κ3) is 5.64. The van der Waals surface area contributed by atoms with Crippen molar-refractivity contribution in [3.8, 4) is 22.6 Å². The smallest absolute Gasteiger partial charge is 0.271 e. The van der Waals surface area contributed by atoms with Gasteiger partial charge in [-0.25, -0.2) is 9.50 Å². The van der Waals surface area contributed by atoms with Crippen LogP contribution in [0.15, 0.2) is 82.5 Å². The first kappa shape index (κ1) is 31.0. The van der Waals surface area contributed by atoms with Crippen LogP contribution in [0.5, 0.6) is 5.75 Å². The molecular weight excluding hydrogens is 650 g/mol. The summed E-state index contributed by atoms with van der Waals surface area (Å²) in [5.74, 6) is 0.222. The largest absolute Gasteiger partial charge is 0.496 e. The third-order valence-electron chi connectivity index (χ3n) is 8.38. The minimum atomic E-state index is -0.586. The molecule has 0 unspecified atom stereocenters. The van der Waals surface area contributed by atoms with Crippen LogP contribution in [0.2, 0.25) is 0 Å². The molecule has 1 saturated heterocycles. The normalized spacial score (nSPS) is 13.7. The highest BCUT2D eigenvalue weighted by atomic mass is 79.9. The number of nitrogens with two attached hydrogens (primary N) is 1. The van der Waals surface area contributed by atoms with Crippen LogP contribution in [0.25, 0.3) is 22.3 Å². The number of hydrogen-bond acceptors (Lipinski definition) is 7. The molecule has 0 saturated carbocycles. The molecule has 0 atom stereocenters. The number of aromatic nitrogens is 4. The quantitative estimate of drug-likeness (QED) is 0.231. The molecule has 1 aliphatic rings. The van der Waals surface area contributed by atoms with Crippen molar-refractivity contribution >= 4 is 44.8 Å². The van der Waals surface area contributed by atoms with Crippen molar-refractivity contribution in [1.29, 1.82) is 0 Å². The number of anilines is 2. The number of hydrogen-bond donors (Lipinski definition) is 2. The fourth-order valence-electron chi connectivity index (χ4n) is 6.07. The fourth-order valence-corrected chi connectivity index (χ4v) is 6.98. The lowest BCUT2D eigenvalue weighted by Gasteiger charge is -2.33. The van der Waals surface area contributed by atoms with Gasteiger partial charge in [-0.3, -0.25) is 19.0 Å². The number of amides is 2. The van der Waals surface area contributed by atoms with Crippen molar-refractivity contribution in [2.45, 2.75) is 32.6 Å². The van der Waals surface area contributed by atoms with Gasteiger partial charge >= 0.3 is 0 Å². The summed E-state index contributed by atoms with van der Waals surface area (Å²) in [6.45, 7) is 5.20. The SMILES string of the molecule is COc1ccn(-c2ccccc2)c(=O)c1C(=O)Nc1ccc(-c2c(Br)c(C3CCN(C(=O)C(C)C)CC3)n3ncnc(N)c23)cc1. The Morgan fingerprint density at radius 2 is 1.74 bits per heavy atom. The van der Waals surface area contributed by atoms with Crippen molar-refractivity contribution in [2.24, 2.45) is 5.92 Å². The lowest BCUT2D eigenvalue weighted by atomic mass is 9.92. The molecule has 0 aliphatic carbocycles. The summed E-state index contributed by atoms with van der Waals surface area (Å²) in [6, 6.07) is 18.0. The van der Waals surface area contributed by atoms with Crippen LogP contribution < -0.4 is 21.3 Å². The summed E-state index contributed by atoms with van der Waals surface area (Å²) in [6.07, 6.45) is 4.63. The highest BCUT2D eigenvalue weighted by molar-refractivity contribution is 9.10. The van der Waals surface area contributed by atoms with Crippen LogP contribution in [0.4, 0.5) is 11.5 Å². The van der Waals surface area contributed by atoms with E-state index in [2.05, 4.69) is 31.3 Å². The second-order valence-corrected chi connectivity index (χ2v) is 12.3. The zero-order valence-electron chi connectivity index (χ0n) is 25.7. The van der Waals surface area contributed by atoms with E-state index in [1.165, 1.54) is 18.0 Å². The number of likely N-dealkylation sites (tertiary alicyclic amines) is 1. The fraction of sp³-hybridized carbons (Fsp3) is 0.265. The van der Waals surface area contributed by atoms with Crippen molar-refractivity contribution < 1.29 is 14.3 Å². The Hall–Kier alpha value is -4.97. The Morgan fingerprint density at radius 1 is 1.04 bits per heavy atom. The number of para-hydroxylation sites is 1. The van der Waals surface area contributed by atoms with E-state index in [0.29, 0.717) is 35.8 Å². The van der Waals surface area contributed by atoms with Crippen molar-refractivity contribution in [1.82, 2.24) is 24.1 Å². The minimum absolute atomic E-state index is 0.0351. The number of benzene rings is 2. The van der Waals surface area contributed by atoms with Crippen LogP contribution in [0.1, 0.15) is 48.7 Å². The zero-order valence-corrected chi connectivity index (χ0v) is 27.3. The Kier molecular flexibility index (Phi) is 8.63. The van der Waals surface area contributed by atoms with Gasteiger partial charge in [0.25, 0.3) is 11.5 Å². The first-order chi connectivity index (χ1) is 22.2. The Balaban J connectivity index is 1.30. The number of methoxy groups -OCH3 is 1. The predicted molar refractivity (Wildman–Crippen MR) is 180 cm³/mol. The Labute approximate surface area is 274 Å². The van der Waals surface area contributed by atoms with Gasteiger partial charge in [-0.05, 0) is 64.7 Å². The van der Waals surface area contributed by atoms with E-state index in [1.54, 1.807) is 36.5 Å². The van der Waals surface area contributed by atoms with E-state index in [4.69, 9.17) is 10.5 Å². The second-order valence-electron chi connectivity index (χ2n) is 11.5. The molecule has 0 spiro atoms. The van der Waals surface area contributed by atoms with Gasteiger partial charge in [0.05, 0.1) is 12.8 Å². The second kappa shape index (κ2) is 12.8. The average molecular weight is 685 g/mol. The molecule has 2 amide bonds. The van der Waals surface area contributed by atoms with Gasteiger partial charge in [0.1, 0.15) is 23.2 Å². The number of nitrogens with one attached hydrogen (secondary N) is 1. The monoisotopic (exact) mass is 683 g/mol. The molecule has 46 heavy (non-hydrogen) atoms. The van der Waals surface area contributed by atoms with Gasteiger partial charge in [0, 0.05) is 52.5 Å². The number of carbonyl (C=O) groups excluding carboxylic acids is 2. The van der Waals surface area contributed by atoms with Gasteiger partial charge < -0.3 is 20.7 Å². The molecule has 1 fully saturated rings. The number of pyridine rings is 1. The molecule has 3 aromatic heterocycles. The minimum Gasteiger partial charge on any atom is -0.496 e. The standard InChI is InChI=1S/C34H34BrN7O4/c1-20(2)33(44)40-16-13-22(14-17-40)29-28(35)26(30-31(36)37-19-38-42(29)30)21-9-11-23(12-10-21)39-32(43)27-25(46-3)15-18-41(34(27)45)24-7-5-4-6-8-24/h4-12,15,18-20,22H,13-14,16-17H2,1-3H3,(H,39,43)(H2,36,37,38). The summed E-state index contributed by atoms with van der Waals surface area (Å²) in [4.78, 5) is 45.6. The first-order valence-electron chi connectivity index (χ1n) is 15.1. The van der Waals surface area contributed by atoms with Gasteiger partial charge in [0.15, 0.2) is 5.82 Å². The molecule has 1 aliphatic heterocycles. The number of rotatable bonds is 7. The lowest BCUT2D eigenvalue weighted by Crippen LogP contribution is -2.40. The van der Waals surface area contributed by atoms with Crippen LogP contribution in [-0.2, 0) is 4.79 Å². The predicted octanol–water partition coefficient (Wildman–Crippen LogP) is 5.51. The topological polar surface area (TPSA) is 137 Å². The number of fused-ring (bicyclic) bond motifs is 1. The lowest BCUT2D eigenvalue weighted by molar-refractivity contribution is -0.135. The number of carbonyl (C=O) groups is 2. The Morgan fingerprint density at radius 3 is 2.39 bits per heavy atom. The molecule has 3 N–H and O–H groups in total. The number of nitrogen functional groups attached to an aromatic ring is 1. The van der Waals surface area contributed by atoms with E-state index in [9.17, 15) is 14.4 Å². The molecule has 2 aromatic carbocycles. The maximum atomic E-state index is 13.4. The molecule has 236 valence electrons. The van der Waals surface area contributed by atoms with E-state index >= 15 is 0 Å². The molecule has 12 heteroatoms. The summed E-state index contributed by atoms with van der Waals surface area (Å²) >= 11 is 3.86. The van der Waals surface area contributed by atoms with E-state index in [0.717, 1.165) is 34.1 Å². The van der Waals surface area contributed by atoms with E-state index in [1.807, 2.05) is 53.6 Å². The van der Waals surface area contributed by atoms with Gasteiger partial charge in [-0.1, -0.05) is 44.2 Å². The maximum Gasteiger partial charge on any atom is 0.271 e. The van der Waals surface area contributed by atoms with Crippen molar-refractivity contribution in [2.75, 3.05) is 31.2 Å². The molecule has 5 aromatic rings. The summed E-state index contributed by atoms with van der Waals surface area (Å²) in [5, 5.41) is 7.41. The molecule has 4 heterocycles. The number of halogens is 1. The number of nitrogens with zero attached hydrogens (tertiary/aromatic N) is 5. The van der Waals surface area contributed by atoms with Crippen molar-refractivity contribution in [3.05, 3.63) is 99.3 Å². The third-order valence-corrected chi connectivity index (χ3v) is 9.18. The Bertz CT molecular complexity index is 1980. The summed E-state index contributed by atoms with van der Waals surface area (Å²) < 4.78 is 9.49. The van der Waals surface area contributed by atoms with Crippen LogP contribution >= 0.6 is 15.9 Å². The van der Waals surface area contributed by atoms with Crippen LogP contribution in [0, 0.1) is 5.92 Å². The zero-order chi connectivity index (χ0) is 32.5. The maximum absolute atomic E-state index is 13.4. The molecule has 0 radical (unpaired) electrons. The molecule has 11 nitrogen and oxygen atoms in total. The number of ether oxygens (including phenoxy) is 1. The van der Waals surface area contributed by atoms with Gasteiger partial charge in [-0.15, -0.1) is 0 Å². The van der Waals surface area contributed by atoms with Gasteiger partial charge in [0.2, 0.25) is 5.91 Å². The van der Waals surface area contributed by atoms with Gasteiger partial charge in [-0.2, -0.15) is 5.10 Å². The number of piperidine rings is 1. The highest BCUT2D eigenvalue weighted by Crippen LogP contribution is 2.44. The average Bonchev–Trinajstić information content (AvgIpc) is 3.37. The summed E-state index contributed by atoms with van der Waals surface area (Å²) in [7, 11) is 1.42. The van der Waals surface area contributed by atoms with Crippen LogP contribution in [-0.4, -0.2) is 56.1 Å². The molecular formula is C34H34BrN7O4. The van der Waals surface area contributed by atoms with Crippen molar-refractivity contribution in [3.63, 3.8) is 0 Å². The molecule has 0 bridgehead atoms. The van der Waals surface area contributed by atoms with Crippen LogP contribution in [0.3, 0.4) is 0 Å². The highest BCUT2D eigenvalue weighted by Gasteiger charge is 2.31. The van der Waals surface area contributed by atoms with E-state index < -0.39 is 11.5 Å².